The standard InChI is InChI=1S/C13H25BrN4/c1-9(2)18-7-10(3)12(8-18)17-13(15-5)16-6-11(4)14/h9-10,12H,4,6-8H2,1-3,5H3,(H2,15,16,17). The van der Waals surface area contributed by atoms with Crippen LogP contribution in [0.4, 0.5) is 0 Å². The average Bonchev–Trinajstić information content (AvgIpc) is 2.66. The highest BCUT2D eigenvalue weighted by atomic mass is 79.9. The first-order valence-corrected chi connectivity index (χ1v) is 7.27. The molecule has 1 heterocycles. The first kappa shape index (κ1) is 15.5. The van der Waals surface area contributed by atoms with E-state index in [0.29, 0.717) is 24.5 Å². The average molecular weight is 317 g/mol. The van der Waals surface area contributed by atoms with Crippen LogP contribution in [0.15, 0.2) is 16.1 Å². The van der Waals surface area contributed by atoms with Crippen molar-refractivity contribution in [3.8, 4) is 0 Å². The summed E-state index contributed by atoms with van der Waals surface area (Å²) >= 11 is 3.34. The molecule has 2 N–H and O–H groups in total. The molecular formula is C13H25BrN4. The SMILES string of the molecule is C=C(Br)CNC(=NC)NC1CN(C(C)C)CC1C. The molecule has 0 aromatic rings. The van der Waals surface area contributed by atoms with Crippen LogP contribution in [0.1, 0.15) is 20.8 Å². The van der Waals surface area contributed by atoms with Crippen LogP contribution in [0, 0.1) is 5.92 Å². The number of nitrogens with one attached hydrogen (secondary N) is 2. The Kier molecular flexibility index (Phi) is 6.15. The van der Waals surface area contributed by atoms with Crippen LogP contribution in [0.2, 0.25) is 0 Å². The van der Waals surface area contributed by atoms with Crippen molar-refractivity contribution in [1.82, 2.24) is 15.5 Å². The summed E-state index contributed by atoms with van der Waals surface area (Å²) in [6.07, 6.45) is 0. The zero-order valence-electron chi connectivity index (χ0n) is 11.8. The summed E-state index contributed by atoms with van der Waals surface area (Å²) in [6, 6.07) is 1.07. The zero-order valence-corrected chi connectivity index (χ0v) is 13.4. The van der Waals surface area contributed by atoms with Crippen molar-refractivity contribution in [2.24, 2.45) is 10.9 Å². The second-order valence-electron chi connectivity index (χ2n) is 5.22. The second kappa shape index (κ2) is 7.14. The fourth-order valence-electron chi connectivity index (χ4n) is 2.16. The number of halogens is 1. The molecule has 0 saturated carbocycles. The molecule has 0 aromatic carbocycles. The van der Waals surface area contributed by atoms with E-state index in [2.05, 4.69) is 63.8 Å². The van der Waals surface area contributed by atoms with E-state index in [0.717, 1.165) is 23.5 Å². The Bertz CT molecular complexity index is 314. The normalized spacial score (nSPS) is 25.6. The van der Waals surface area contributed by atoms with E-state index in [4.69, 9.17) is 0 Å². The van der Waals surface area contributed by atoms with Gasteiger partial charge in [-0.05, 0) is 19.8 Å². The van der Waals surface area contributed by atoms with Crippen LogP contribution in [0.25, 0.3) is 0 Å². The van der Waals surface area contributed by atoms with Gasteiger partial charge in [0.2, 0.25) is 0 Å². The van der Waals surface area contributed by atoms with E-state index in [1.807, 2.05) is 0 Å². The molecule has 104 valence electrons. The van der Waals surface area contributed by atoms with Gasteiger partial charge in [-0.15, -0.1) is 0 Å². The third-order valence-electron chi connectivity index (χ3n) is 3.36. The van der Waals surface area contributed by atoms with Gasteiger partial charge in [0.05, 0.1) is 0 Å². The van der Waals surface area contributed by atoms with Gasteiger partial charge in [-0.2, -0.15) is 0 Å². The van der Waals surface area contributed by atoms with E-state index in [1.54, 1.807) is 7.05 Å². The lowest BCUT2D eigenvalue weighted by Crippen LogP contribution is -2.47. The van der Waals surface area contributed by atoms with Crippen molar-refractivity contribution < 1.29 is 0 Å². The predicted octanol–water partition coefficient (Wildman–Crippen LogP) is 1.79. The topological polar surface area (TPSA) is 39.7 Å². The zero-order chi connectivity index (χ0) is 13.7. The van der Waals surface area contributed by atoms with E-state index in [1.165, 1.54) is 0 Å². The Balaban J connectivity index is 2.48. The number of hydrogen-bond acceptors (Lipinski definition) is 2. The molecule has 1 aliphatic rings. The highest BCUT2D eigenvalue weighted by molar-refractivity contribution is 9.11. The van der Waals surface area contributed by atoms with Crippen LogP contribution in [0.5, 0.6) is 0 Å². The first-order valence-electron chi connectivity index (χ1n) is 6.48. The van der Waals surface area contributed by atoms with Crippen LogP contribution >= 0.6 is 15.9 Å². The molecule has 0 bridgehead atoms. The predicted molar refractivity (Wildman–Crippen MR) is 82.2 cm³/mol. The summed E-state index contributed by atoms with van der Waals surface area (Å²) in [7, 11) is 1.80. The molecule has 0 aliphatic carbocycles. The Labute approximate surface area is 119 Å². The summed E-state index contributed by atoms with van der Waals surface area (Å²) in [5, 5.41) is 6.73. The van der Waals surface area contributed by atoms with E-state index >= 15 is 0 Å². The molecule has 18 heavy (non-hydrogen) atoms. The van der Waals surface area contributed by atoms with Gasteiger partial charge in [0, 0.05) is 43.2 Å². The Hall–Kier alpha value is -0.550. The minimum atomic E-state index is 0.460. The Morgan fingerprint density at radius 3 is 2.61 bits per heavy atom. The molecule has 1 fully saturated rings. The van der Waals surface area contributed by atoms with Gasteiger partial charge in [-0.3, -0.25) is 9.89 Å². The van der Waals surface area contributed by atoms with Gasteiger partial charge in [0.25, 0.3) is 0 Å². The van der Waals surface area contributed by atoms with Crippen LogP contribution in [0.3, 0.4) is 0 Å². The molecule has 1 rings (SSSR count). The van der Waals surface area contributed by atoms with Gasteiger partial charge in [-0.25, -0.2) is 0 Å². The smallest absolute Gasteiger partial charge is 0.191 e. The molecule has 0 amide bonds. The lowest BCUT2D eigenvalue weighted by atomic mass is 10.1. The number of likely N-dealkylation sites (tertiary alicyclic amines) is 1. The third-order valence-corrected chi connectivity index (χ3v) is 3.64. The fourth-order valence-corrected chi connectivity index (χ4v) is 2.30. The van der Waals surface area contributed by atoms with Crippen molar-refractivity contribution in [3.63, 3.8) is 0 Å². The van der Waals surface area contributed by atoms with Crippen molar-refractivity contribution in [2.45, 2.75) is 32.9 Å². The van der Waals surface area contributed by atoms with Crippen molar-refractivity contribution in [3.05, 3.63) is 11.1 Å². The molecule has 4 nitrogen and oxygen atoms in total. The van der Waals surface area contributed by atoms with E-state index in [9.17, 15) is 0 Å². The number of aliphatic imine (C=N–C) groups is 1. The summed E-state index contributed by atoms with van der Waals surface area (Å²) in [5.41, 5.74) is 0. The Morgan fingerprint density at radius 2 is 2.17 bits per heavy atom. The summed E-state index contributed by atoms with van der Waals surface area (Å²) in [6.45, 7) is 13.5. The molecule has 1 aliphatic heterocycles. The quantitative estimate of drug-likeness (QED) is 0.613. The number of nitrogens with zero attached hydrogens (tertiary/aromatic N) is 2. The molecule has 0 spiro atoms. The lowest BCUT2D eigenvalue weighted by Gasteiger charge is -2.21. The summed E-state index contributed by atoms with van der Waals surface area (Å²) < 4.78 is 0.925. The van der Waals surface area contributed by atoms with Gasteiger partial charge in [0.15, 0.2) is 5.96 Å². The highest BCUT2D eigenvalue weighted by Gasteiger charge is 2.31. The molecule has 2 unspecified atom stereocenters. The maximum absolute atomic E-state index is 4.24. The molecule has 0 aromatic heterocycles. The first-order chi connectivity index (χ1) is 8.43. The summed E-state index contributed by atoms with van der Waals surface area (Å²) in [5.74, 6) is 1.48. The second-order valence-corrected chi connectivity index (χ2v) is 6.34. The highest BCUT2D eigenvalue weighted by Crippen LogP contribution is 2.18. The minimum absolute atomic E-state index is 0.460. The maximum atomic E-state index is 4.24. The van der Waals surface area contributed by atoms with Crippen LogP contribution in [-0.4, -0.2) is 49.6 Å². The molecule has 5 heteroatoms. The van der Waals surface area contributed by atoms with Crippen LogP contribution < -0.4 is 10.6 Å². The molecular weight excluding hydrogens is 292 g/mol. The van der Waals surface area contributed by atoms with Gasteiger partial charge >= 0.3 is 0 Å². The van der Waals surface area contributed by atoms with E-state index in [-0.39, 0.29) is 0 Å². The fraction of sp³-hybridized carbons (Fsp3) is 0.769. The maximum Gasteiger partial charge on any atom is 0.191 e. The third kappa shape index (κ3) is 4.61. The van der Waals surface area contributed by atoms with Gasteiger partial charge in [-0.1, -0.05) is 29.4 Å². The largest absolute Gasteiger partial charge is 0.352 e. The molecule has 1 saturated heterocycles. The van der Waals surface area contributed by atoms with Gasteiger partial charge in [0.1, 0.15) is 0 Å². The monoisotopic (exact) mass is 316 g/mol. The summed E-state index contributed by atoms with van der Waals surface area (Å²) in [4.78, 5) is 6.74. The number of rotatable bonds is 4. The molecule has 2 atom stereocenters. The number of hydrogen-bond donors (Lipinski definition) is 2. The van der Waals surface area contributed by atoms with Crippen molar-refractivity contribution >= 4 is 21.9 Å². The minimum Gasteiger partial charge on any atom is -0.352 e. The van der Waals surface area contributed by atoms with Crippen molar-refractivity contribution in [2.75, 3.05) is 26.7 Å². The van der Waals surface area contributed by atoms with E-state index < -0.39 is 0 Å². The number of guanidine groups is 1. The van der Waals surface area contributed by atoms with Crippen LogP contribution in [-0.2, 0) is 0 Å². The van der Waals surface area contributed by atoms with Crippen molar-refractivity contribution in [1.29, 1.82) is 0 Å². The lowest BCUT2D eigenvalue weighted by molar-refractivity contribution is 0.265. The van der Waals surface area contributed by atoms with Gasteiger partial charge < -0.3 is 10.6 Å². The molecule has 0 radical (unpaired) electrons. The Morgan fingerprint density at radius 1 is 1.50 bits per heavy atom.